The summed E-state index contributed by atoms with van der Waals surface area (Å²) in [5, 5.41) is 20.1. The van der Waals surface area contributed by atoms with Gasteiger partial charge in [0.25, 0.3) is 0 Å². The smallest absolute Gasteiger partial charge is 0.411 e. The molecule has 1 radical (unpaired) electrons. The van der Waals surface area contributed by atoms with Gasteiger partial charge in [-0.1, -0.05) is 10.3 Å². The minimum atomic E-state index is 0. The zero-order valence-corrected chi connectivity index (χ0v) is 4.32. The van der Waals surface area contributed by atoms with Gasteiger partial charge in [-0.25, -0.2) is 0 Å². The molecule has 0 rings (SSSR count). The van der Waals surface area contributed by atoms with Gasteiger partial charge >= 0.3 is 16.8 Å². The largest absolute Gasteiger partial charge is 2.00 e. The van der Waals surface area contributed by atoms with Crippen molar-refractivity contribution in [2.24, 2.45) is 10.3 Å². The summed E-state index contributed by atoms with van der Waals surface area (Å²) in [4.78, 5) is 0. The first-order chi connectivity index (χ1) is 2.91. The predicted molar refractivity (Wildman–Crippen MR) is 20.6 cm³/mol. The summed E-state index contributed by atoms with van der Waals surface area (Å²) >= 11 is 0. The van der Waals surface area contributed by atoms with E-state index in [1.54, 1.807) is 0 Å². The maximum absolute atomic E-state index is 7.56. The molecule has 0 saturated carbocycles. The number of nitrogens with zero attached hydrogens (tertiary/aromatic N) is 2. The molecule has 4 nitrogen and oxygen atoms in total. The molecular formula is C2H4CoN2O2+2. The van der Waals surface area contributed by atoms with E-state index in [1.807, 2.05) is 0 Å². The maximum Gasteiger partial charge on any atom is 2.00 e. The van der Waals surface area contributed by atoms with Crippen LogP contribution in [0.25, 0.3) is 0 Å². The maximum atomic E-state index is 7.56. The SMILES string of the molecule is ON=CC=NO.[Co+2]. The summed E-state index contributed by atoms with van der Waals surface area (Å²) in [5.41, 5.74) is 0. The van der Waals surface area contributed by atoms with Gasteiger partial charge in [0, 0.05) is 0 Å². The summed E-state index contributed by atoms with van der Waals surface area (Å²) in [5.74, 6) is 0. The summed E-state index contributed by atoms with van der Waals surface area (Å²) in [6.07, 6.45) is 1.89. The summed E-state index contributed by atoms with van der Waals surface area (Å²) in [6, 6.07) is 0. The van der Waals surface area contributed by atoms with E-state index >= 15 is 0 Å². The predicted octanol–water partition coefficient (Wildman–Crippen LogP) is -0.0961. The fraction of sp³-hybridized carbons (Fsp3) is 0. The Bertz CT molecular complexity index is 62.1. The van der Waals surface area contributed by atoms with Crippen molar-refractivity contribution in [3.63, 3.8) is 0 Å². The Hall–Kier alpha value is -0.554. The molecule has 0 fully saturated rings. The van der Waals surface area contributed by atoms with Crippen LogP contribution >= 0.6 is 0 Å². The van der Waals surface area contributed by atoms with Crippen LogP contribution in [-0.2, 0) is 16.8 Å². The van der Waals surface area contributed by atoms with Crippen molar-refractivity contribution in [3.8, 4) is 0 Å². The number of oxime groups is 2. The van der Waals surface area contributed by atoms with Gasteiger partial charge in [-0.15, -0.1) is 0 Å². The zero-order chi connectivity index (χ0) is 4.83. The van der Waals surface area contributed by atoms with E-state index in [4.69, 9.17) is 10.4 Å². The fourth-order valence-electron chi connectivity index (χ4n) is 0.0596. The molecular weight excluding hydrogens is 143 g/mol. The normalized spacial score (nSPS) is 9.71. The Morgan fingerprint density at radius 2 is 1.29 bits per heavy atom. The van der Waals surface area contributed by atoms with E-state index < -0.39 is 0 Å². The van der Waals surface area contributed by atoms with Crippen LogP contribution in [0.3, 0.4) is 0 Å². The average molecular weight is 147 g/mol. The molecule has 5 heteroatoms. The van der Waals surface area contributed by atoms with Gasteiger partial charge in [0.05, 0.1) is 12.4 Å². The first-order valence-corrected chi connectivity index (χ1v) is 1.25. The van der Waals surface area contributed by atoms with Gasteiger partial charge in [-0.2, -0.15) is 0 Å². The van der Waals surface area contributed by atoms with Crippen LogP contribution in [0, 0.1) is 0 Å². The fourth-order valence-corrected chi connectivity index (χ4v) is 0.0596. The zero-order valence-electron chi connectivity index (χ0n) is 3.28. The molecule has 0 unspecified atom stereocenters. The Morgan fingerprint density at radius 3 is 1.43 bits per heavy atom. The van der Waals surface area contributed by atoms with Gasteiger partial charge in [0.1, 0.15) is 0 Å². The molecule has 0 aliphatic heterocycles. The molecule has 0 aliphatic carbocycles. The third-order valence-electron chi connectivity index (χ3n) is 0.200. The van der Waals surface area contributed by atoms with Gasteiger partial charge in [-0.05, 0) is 0 Å². The van der Waals surface area contributed by atoms with E-state index in [0.717, 1.165) is 12.4 Å². The van der Waals surface area contributed by atoms with Crippen molar-refractivity contribution < 1.29 is 27.2 Å². The van der Waals surface area contributed by atoms with Crippen LogP contribution < -0.4 is 0 Å². The van der Waals surface area contributed by atoms with E-state index in [-0.39, 0.29) is 16.8 Å². The summed E-state index contributed by atoms with van der Waals surface area (Å²) in [7, 11) is 0. The van der Waals surface area contributed by atoms with Gasteiger partial charge < -0.3 is 10.4 Å². The van der Waals surface area contributed by atoms with Crippen LogP contribution in [0.4, 0.5) is 0 Å². The quantitative estimate of drug-likeness (QED) is 0.309. The van der Waals surface area contributed by atoms with E-state index in [0.29, 0.717) is 0 Å². The van der Waals surface area contributed by atoms with Crippen LogP contribution in [0.1, 0.15) is 0 Å². The van der Waals surface area contributed by atoms with Crippen LogP contribution in [-0.4, -0.2) is 22.8 Å². The first kappa shape index (κ1) is 9.67. The minimum Gasteiger partial charge on any atom is -0.411 e. The number of rotatable bonds is 1. The second-order valence-corrected chi connectivity index (χ2v) is 0.529. The third-order valence-corrected chi connectivity index (χ3v) is 0.200. The Balaban J connectivity index is 0. The first-order valence-electron chi connectivity index (χ1n) is 1.25. The van der Waals surface area contributed by atoms with Crippen LogP contribution in [0.15, 0.2) is 10.3 Å². The number of hydrogen-bond acceptors (Lipinski definition) is 4. The van der Waals surface area contributed by atoms with Crippen molar-refractivity contribution >= 4 is 12.4 Å². The van der Waals surface area contributed by atoms with Crippen LogP contribution in [0.5, 0.6) is 0 Å². The molecule has 0 spiro atoms. The van der Waals surface area contributed by atoms with Gasteiger partial charge in [0.2, 0.25) is 0 Å². The number of hydrogen-bond donors (Lipinski definition) is 2. The Labute approximate surface area is 50.7 Å². The molecule has 0 bridgehead atoms. The molecule has 0 aliphatic rings. The van der Waals surface area contributed by atoms with Gasteiger partial charge in [0.15, 0.2) is 0 Å². The summed E-state index contributed by atoms with van der Waals surface area (Å²) in [6.45, 7) is 0. The second-order valence-electron chi connectivity index (χ2n) is 0.529. The molecule has 2 N–H and O–H groups in total. The van der Waals surface area contributed by atoms with E-state index in [2.05, 4.69) is 10.3 Å². The molecule has 0 amide bonds. The van der Waals surface area contributed by atoms with Crippen molar-refractivity contribution in [2.75, 3.05) is 0 Å². The molecule has 0 atom stereocenters. The van der Waals surface area contributed by atoms with Crippen molar-refractivity contribution in [1.82, 2.24) is 0 Å². The standard InChI is InChI=1S/C2H4N2O2.Co/c5-3-1-2-4-6;/h1-2,5-6H;/q;+2. The van der Waals surface area contributed by atoms with E-state index in [1.165, 1.54) is 0 Å². The average Bonchev–Trinajstić information content (AvgIpc) is 1.61. The molecule has 41 valence electrons. The molecule has 0 aromatic heterocycles. The topological polar surface area (TPSA) is 65.2 Å². The Kier molecular flexibility index (Phi) is 12.5. The summed E-state index contributed by atoms with van der Waals surface area (Å²) < 4.78 is 0. The van der Waals surface area contributed by atoms with E-state index in [9.17, 15) is 0 Å². The molecule has 0 aromatic carbocycles. The molecule has 0 heterocycles. The third kappa shape index (κ3) is 10.8. The van der Waals surface area contributed by atoms with Gasteiger partial charge in [-0.3, -0.25) is 0 Å². The molecule has 0 saturated heterocycles. The monoisotopic (exact) mass is 147 g/mol. The molecule has 0 aromatic rings. The van der Waals surface area contributed by atoms with Crippen LogP contribution in [0.2, 0.25) is 0 Å². The molecule has 7 heavy (non-hydrogen) atoms. The van der Waals surface area contributed by atoms with Crippen molar-refractivity contribution in [3.05, 3.63) is 0 Å². The minimum absolute atomic E-state index is 0. The van der Waals surface area contributed by atoms with Crippen molar-refractivity contribution in [2.45, 2.75) is 0 Å². The second kappa shape index (κ2) is 9.07. The van der Waals surface area contributed by atoms with Crippen molar-refractivity contribution in [1.29, 1.82) is 0 Å². The Morgan fingerprint density at radius 1 is 1.00 bits per heavy atom.